The molecule has 1 heterocycles. The van der Waals surface area contributed by atoms with Crippen LogP contribution < -0.4 is 20.1 Å². The van der Waals surface area contributed by atoms with Crippen LogP contribution in [-0.2, 0) is 17.3 Å². The average Bonchev–Trinajstić information content (AvgIpc) is 3.12. The number of fused-ring (bicyclic) bond motifs is 1. The Labute approximate surface area is 175 Å². The fraction of sp³-hybridized carbons (Fsp3) is 0.611. The maximum Gasteiger partial charge on any atom is 0.231 e. The smallest absolute Gasteiger partial charge is 0.231 e. The molecule has 0 amide bonds. The van der Waals surface area contributed by atoms with Gasteiger partial charge in [0, 0.05) is 41.4 Å². The first kappa shape index (κ1) is 21.3. The van der Waals surface area contributed by atoms with Crippen LogP contribution in [0.25, 0.3) is 0 Å². The monoisotopic (exact) mass is 493 g/mol. The van der Waals surface area contributed by atoms with Gasteiger partial charge in [-0.1, -0.05) is 19.4 Å². The Morgan fingerprint density at radius 2 is 2.12 bits per heavy atom. The maximum atomic E-state index is 12.1. The van der Waals surface area contributed by atoms with Crippen molar-refractivity contribution < 1.29 is 13.7 Å². The van der Waals surface area contributed by atoms with Crippen LogP contribution in [0.2, 0.25) is 0 Å². The zero-order valence-corrected chi connectivity index (χ0v) is 18.5. The molecule has 0 radical (unpaired) electrons. The molecule has 0 spiro atoms. The lowest BCUT2D eigenvalue weighted by molar-refractivity contribution is 0.174. The minimum absolute atomic E-state index is 0. The summed E-state index contributed by atoms with van der Waals surface area (Å²) in [6, 6.07) is 6.27. The van der Waals surface area contributed by atoms with E-state index in [0.717, 1.165) is 54.5 Å². The van der Waals surface area contributed by atoms with Crippen molar-refractivity contribution in [1.82, 2.24) is 10.6 Å². The third kappa shape index (κ3) is 5.48. The summed E-state index contributed by atoms with van der Waals surface area (Å²) in [6.45, 7) is 2.95. The molecule has 0 bridgehead atoms. The van der Waals surface area contributed by atoms with Gasteiger partial charge in [0.1, 0.15) is 0 Å². The number of ether oxygens (including phenoxy) is 2. The van der Waals surface area contributed by atoms with Crippen molar-refractivity contribution in [2.45, 2.75) is 50.4 Å². The van der Waals surface area contributed by atoms with Crippen molar-refractivity contribution in [2.75, 3.05) is 19.6 Å². The van der Waals surface area contributed by atoms with Crippen LogP contribution in [-0.4, -0.2) is 41.1 Å². The number of guanidine groups is 1. The molecule has 1 aliphatic carbocycles. The Kier molecular flexibility index (Phi) is 8.46. The Balaban J connectivity index is 0.00000243. The van der Waals surface area contributed by atoms with Gasteiger partial charge in [0.05, 0.1) is 0 Å². The maximum absolute atomic E-state index is 12.1. The summed E-state index contributed by atoms with van der Waals surface area (Å²) in [5.74, 6) is 3.11. The number of hydrogen-bond acceptors (Lipinski definition) is 4. The van der Waals surface area contributed by atoms with Gasteiger partial charge in [-0.15, -0.1) is 24.0 Å². The lowest BCUT2D eigenvalue weighted by Gasteiger charge is -2.30. The largest absolute Gasteiger partial charge is 0.454 e. The number of hydrogen-bond donors (Lipinski definition) is 2. The SMILES string of the molecule is CCS(=O)C1CCCC(NC(=NC)NCc2ccc3c(c2)OCO3)C1.I. The van der Waals surface area contributed by atoms with Crippen LogP contribution in [0.5, 0.6) is 11.5 Å². The fourth-order valence-electron chi connectivity index (χ4n) is 3.38. The van der Waals surface area contributed by atoms with E-state index < -0.39 is 10.8 Å². The van der Waals surface area contributed by atoms with E-state index >= 15 is 0 Å². The van der Waals surface area contributed by atoms with Crippen molar-refractivity contribution in [2.24, 2.45) is 4.99 Å². The normalized spacial score (nSPS) is 23.1. The molecule has 1 fully saturated rings. The quantitative estimate of drug-likeness (QED) is 0.375. The molecule has 3 rings (SSSR count). The van der Waals surface area contributed by atoms with Crippen molar-refractivity contribution in [1.29, 1.82) is 0 Å². The van der Waals surface area contributed by atoms with Crippen LogP contribution in [0.15, 0.2) is 23.2 Å². The molecule has 2 N–H and O–H groups in total. The highest BCUT2D eigenvalue weighted by molar-refractivity contribution is 14.0. The van der Waals surface area contributed by atoms with Crippen LogP contribution >= 0.6 is 24.0 Å². The fourth-order valence-corrected chi connectivity index (χ4v) is 4.72. The first-order valence-electron chi connectivity index (χ1n) is 8.92. The minimum atomic E-state index is -0.710. The summed E-state index contributed by atoms with van der Waals surface area (Å²) < 4.78 is 22.8. The van der Waals surface area contributed by atoms with Crippen molar-refractivity contribution in [3.05, 3.63) is 23.8 Å². The van der Waals surface area contributed by atoms with Crippen LogP contribution in [0, 0.1) is 0 Å². The van der Waals surface area contributed by atoms with E-state index in [1.807, 2.05) is 25.1 Å². The second-order valence-electron chi connectivity index (χ2n) is 6.41. The Morgan fingerprint density at radius 3 is 2.88 bits per heavy atom. The molecule has 1 aromatic rings. The topological polar surface area (TPSA) is 72.0 Å². The molecule has 3 unspecified atom stereocenters. The van der Waals surface area contributed by atoms with E-state index in [4.69, 9.17) is 9.47 Å². The second kappa shape index (κ2) is 10.3. The second-order valence-corrected chi connectivity index (χ2v) is 8.42. The molecule has 1 aliphatic heterocycles. The minimum Gasteiger partial charge on any atom is -0.454 e. The standard InChI is InChI=1S/C18H27N3O3S.HI/c1-3-25(22)15-6-4-5-14(10-15)21-18(19-2)20-11-13-7-8-16-17(9-13)24-12-23-16;/h7-9,14-15H,3-6,10-12H2,1-2H3,(H2,19,20,21);1H. The number of nitrogens with one attached hydrogen (secondary N) is 2. The highest BCUT2D eigenvalue weighted by atomic mass is 127. The third-order valence-electron chi connectivity index (χ3n) is 4.74. The Bertz CT molecular complexity index is 657. The van der Waals surface area contributed by atoms with E-state index in [1.165, 1.54) is 0 Å². The summed E-state index contributed by atoms with van der Waals surface area (Å²) >= 11 is 0. The van der Waals surface area contributed by atoms with Crippen molar-refractivity contribution >= 4 is 40.7 Å². The highest BCUT2D eigenvalue weighted by Gasteiger charge is 2.26. The molecule has 1 aromatic carbocycles. The number of rotatable bonds is 5. The molecule has 6 nitrogen and oxygen atoms in total. The highest BCUT2D eigenvalue weighted by Crippen LogP contribution is 2.32. The molecule has 0 aromatic heterocycles. The molecule has 2 aliphatic rings. The lowest BCUT2D eigenvalue weighted by atomic mass is 9.95. The Hall–Kier alpha value is -1.03. The zero-order valence-electron chi connectivity index (χ0n) is 15.3. The van der Waals surface area contributed by atoms with Crippen LogP contribution in [0.1, 0.15) is 38.2 Å². The lowest BCUT2D eigenvalue weighted by Crippen LogP contribution is -2.46. The van der Waals surface area contributed by atoms with E-state index in [2.05, 4.69) is 15.6 Å². The van der Waals surface area contributed by atoms with Crippen molar-refractivity contribution in [3.8, 4) is 11.5 Å². The van der Waals surface area contributed by atoms with Gasteiger partial charge in [0.15, 0.2) is 17.5 Å². The summed E-state index contributed by atoms with van der Waals surface area (Å²) in [5, 5.41) is 7.14. The van der Waals surface area contributed by atoms with Gasteiger partial charge in [0.25, 0.3) is 0 Å². The molecule has 1 saturated carbocycles. The predicted molar refractivity (Wildman–Crippen MR) is 116 cm³/mol. The summed E-state index contributed by atoms with van der Waals surface area (Å²) in [6.07, 6.45) is 4.24. The van der Waals surface area contributed by atoms with E-state index in [1.54, 1.807) is 7.05 Å². The Morgan fingerprint density at radius 1 is 1.31 bits per heavy atom. The number of nitrogens with zero attached hydrogens (tertiary/aromatic N) is 1. The molecule has 0 saturated heterocycles. The predicted octanol–water partition coefficient (Wildman–Crippen LogP) is 2.78. The van der Waals surface area contributed by atoms with E-state index in [0.29, 0.717) is 17.8 Å². The molecule has 146 valence electrons. The van der Waals surface area contributed by atoms with Gasteiger partial charge in [-0.25, -0.2) is 0 Å². The first-order chi connectivity index (χ1) is 12.2. The van der Waals surface area contributed by atoms with Gasteiger partial charge in [0.2, 0.25) is 6.79 Å². The third-order valence-corrected chi connectivity index (χ3v) is 6.48. The van der Waals surface area contributed by atoms with Gasteiger partial charge in [-0.05, 0) is 37.0 Å². The number of benzene rings is 1. The van der Waals surface area contributed by atoms with Crippen LogP contribution in [0.3, 0.4) is 0 Å². The summed E-state index contributed by atoms with van der Waals surface area (Å²) in [4.78, 5) is 4.32. The molecule has 26 heavy (non-hydrogen) atoms. The first-order valence-corrected chi connectivity index (χ1v) is 10.3. The number of halogens is 1. The van der Waals surface area contributed by atoms with E-state index in [-0.39, 0.29) is 30.8 Å². The molecular formula is C18H28IN3O3S. The zero-order chi connectivity index (χ0) is 17.6. The molecular weight excluding hydrogens is 465 g/mol. The van der Waals surface area contributed by atoms with Gasteiger partial charge in [-0.2, -0.15) is 0 Å². The molecule has 8 heteroatoms. The van der Waals surface area contributed by atoms with Crippen LogP contribution in [0.4, 0.5) is 0 Å². The van der Waals surface area contributed by atoms with E-state index in [9.17, 15) is 4.21 Å². The van der Waals surface area contributed by atoms with Crippen molar-refractivity contribution in [3.63, 3.8) is 0 Å². The summed E-state index contributed by atoms with van der Waals surface area (Å²) in [5.41, 5.74) is 1.11. The average molecular weight is 493 g/mol. The van der Waals surface area contributed by atoms with Gasteiger partial charge < -0.3 is 20.1 Å². The summed E-state index contributed by atoms with van der Waals surface area (Å²) in [7, 11) is 1.07. The molecule has 3 atom stereocenters. The van der Waals surface area contributed by atoms with Gasteiger partial charge in [-0.3, -0.25) is 9.20 Å². The number of aliphatic imine (C=N–C) groups is 1. The van der Waals surface area contributed by atoms with Gasteiger partial charge >= 0.3 is 0 Å².